The maximum atomic E-state index is 14.0. The number of allylic oxidation sites excluding steroid dienone is 3. The number of ketones is 1. The van der Waals surface area contributed by atoms with Crippen molar-refractivity contribution in [2.24, 2.45) is 33.5 Å². The van der Waals surface area contributed by atoms with Crippen LogP contribution in [0.25, 0.3) is 0 Å². The Morgan fingerprint density at radius 3 is 1.92 bits per heavy atom. The predicted octanol–water partition coefficient (Wildman–Crippen LogP) is 15.0. The van der Waals surface area contributed by atoms with Gasteiger partial charge in [0.2, 0.25) is 0 Å². The summed E-state index contributed by atoms with van der Waals surface area (Å²) in [5.74, 6) is 3.33. The number of anilines is 1. The van der Waals surface area contributed by atoms with Gasteiger partial charge in [0.1, 0.15) is 24.5 Å². The monoisotopic (exact) mass is 922 g/mol. The van der Waals surface area contributed by atoms with Crippen LogP contribution >= 0.6 is 0 Å². The lowest BCUT2D eigenvalue weighted by molar-refractivity contribution is -0.117. The molecule has 0 radical (unpaired) electrons. The Kier molecular flexibility index (Phi) is 47.0. The van der Waals surface area contributed by atoms with E-state index in [1.54, 1.807) is 27.3 Å². The summed E-state index contributed by atoms with van der Waals surface area (Å²) in [7, 11) is 3.45. The molecule has 4 unspecified atom stereocenters. The smallest absolute Gasteiger partial charge is 0.129 e. The standard InChI is InChI=1S/C19H35FN4.C16H24O2.C15H23N.2C2H6.C2H4.CH2O/c1-6-10-15(13-22-5)18(9-4)24-16(12-21)14-23-19(11-7-2)17(20)8-3;1-12(5-6-14(3)17)13(2)11-15-7-9-16(18-4)10-8-15;1-4-14-7-9-16(10-8-14)15-6-5-12(2)13(3)11-15;4*1-2/h12-14,17,19,24H,6-11,21H2,1-5H3;7-10,12-13H,5-6,11H2,1-4H3;5-6,11,14H,4,7-10H2,1-3H3;2*1-2H3;1-2H2;1H2/b16-12+,18-15-,22-13?,23-14?;;;;;;. The molecule has 8 nitrogen and oxygen atoms in total. The van der Waals surface area contributed by atoms with E-state index in [0.29, 0.717) is 36.2 Å². The van der Waals surface area contributed by atoms with Gasteiger partial charge in [0.15, 0.2) is 0 Å². The summed E-state index contributed by atoms with van der Waals surface area (Å²) in [6.45, 7) is 39.5. The van der Waals surface area contributed by atoms with Crippen LogP contribution in [0.5, 0.6) is 5.75 Å². The zero-order valence-corrected chi connectivity index (χ0v) is 45.2. The number of hydrogen-bond acceptors (Lipinski definition) is 8. The van der Waals surface area contributed by atoms with E-state index in [1.807, 2.05) is 66.7 Å². The van der Waals surface area contributed by atoms with Crippen molar-refractivity contribution >= 4 is 30.7 Å². The second-order valence-corrected chi connectivity index (χ2v) is 16.2. The third kappa shape index (κ3) is 30.6. The first kappa shape index (κ1) is 68.1. The van der Waals surface area contributed by atoms with Crippen molar-refractivity contribution in [3.8, 4) is 5.75 Å². The number of nitrogens with two attached hydrogens (primary N) is 1. The van der Waals surface area contributed by atoms with Gasteiger partial charge < -0.3 is 30.3 Å². The molecule has 0 aromatic heterocycles. The van der Waals surface area contributed by atoms with E-state index in [9.17, 15) is 9.18 Å². The molecule has 66 heavy (non-hydrogen) atoms. The molecule has 3 rings (SSSR count). The summed E-state index contributed by atoms with van der Waals surface area (Å²) in [6, 6.07) is 14.8. The highest BCUT2D eigenvalue weighted by Crippen LogP contribution is 2.27. The van der Waals surface area contributed by atoms with E-state index in [2.05, 4.69) is 112 Å². The van der Waals surface area contributed by atoms with E-state index < -0.39 is 6.17 Å². The molecule has 1 aliphatic heterocycles. The Bertz CT molecular complexity index is 1580. The molecule has 9 heteroatoms. The third-order valence-corrected chi connectivity index (χ3v) is 11.5. The van der Waals surface area contributed by atoms with Crippen molar-refractivity contribution in [3.05, 3.63) is 95.5 Å². The normalized spacial score (nSPS) is 14.4. The molecule has 0 saturated carbocycles. The fourth-order valence-electron chi connectivity index (χ4n) is 7.07. The predicted molar refractivity (Wildman–Crippen MR) is 292 cm³/mol. The number of piperidine rings is 1. The summed E-state index contributed by atoms with van der Waals surface area (Å²) < 4.78 is 19.1. The Hall–Kier alpha value is -4.53. The largest absolute Gasteiger partial charge is 0.497 e. The van der Waals surface area contributed by atoms with Crippen LogP contribution in [0, 0.1) is 31.6 Å². The van der Waals surface area contributed by atoms with E-state index >= 15 is 0 Å². The van der Waals surface area contributed by atoms with Gasteiger partial charge in [0, 0.05) is 56.6 Å². The molecule has 1 fully saturated rings. The molecule has 2 aromatic rings. The summed E-state index contributed by atoms with van der Waals surface area (Å²) in [6.07, 6.45) is 15.9. The van der Waals surface area contributed by atoms with Crippen molar-refractivity contribution in [1.29, 1.82) is 0 Å². The Labute approximate surface area is 406 Å². The number of Topliss-reactive ketones (excluding diaryl/α,β-unsaturated/α-hetero) is 1. The third-order valence-electron chi connectivity index (χ3n) is 11.5. The molecule has 0 amide bonds. The van der Waals surface area contributed by atoms with Gasteiger partial charge >= 0.3 is 0 Å². The SMILES string of the molecule is C=C.C=O.CC.CC.CCC/C(C=NC)=C(\CC)N/C(C=NC(CCC)C(F)CC)=C/N.CCC1CCN(c2ccc(C)c(C)c2)CC1.COc1ccc(CC(C)C(C)CCC(C)=O)cc1. The van der Waals surface area contributed by atoms with Crippen LogP contribution < -0.4 is 20.7 Å². The molecule has 1 heterocycles. The molecular formula is C57H100FN5O3. The van der Waals surface area contributed by atoms with Gasteiger partial charge in [0.05, 0.1) is 18.8 Å². The number of hydrogen-bond donors (Lipinski definition) is 2. The van der Waals surface area contributed by atoms with E-state index in [1.165, 1.54) is 60.9 Å². The molecule has 378 valence electrons. The molecule has 0 spiro atoms. The molecule has 2 aromatic carbocycles. The summed E-state index contributed by atoms with van der Waals surface area (Å²) in [5, 5.41) is 3.33. The number of alkyl halides is 1. The average Bonchev–Trinajstić information content (AvgIpc) is 3.36. The number of aryl methyl sites for hydroxylation is 2. The summed E-state index contributed by atoms with van der Waals surface area (Å²) in [5.41, 5.74) is 14.2. The van der Waals surface area contributed by atoms with Crippen molar-refractivity contribution in [1.82, 2.24) is 5.32 Å². The average molecular weight is 922 g/mol. The first-order valence-electron chi connectivity index (χ1n) is 25.0. The van der Waals surface area contributed by atoms with Crippen LogP contribution in [0.15, 0.2) is 88.8 Å². The highest BCUT2D eigenvalue weighted by atomic mass is 19.1. The molecule has 0 bridgehead atoms. The van der Waals surface area contributed by atoms with Crippen LogP contribution in [0.4, 0.5) is 10.1 Å². The number of carbonyl (C=O) groups excluding carboxylic acids is 2. The van der Waals surface area contributed by atoms with Gasteiger partial charge in [-0.3, -0.25) is 9.98 Å². The lowest BCUT2D eigenvalue weighted by Crippen LogP contribution is -2.33. The van der Waals surface area contributed by atoms with Gasteiger partial charge in [-0.05, 0) is 136 Å². The summed E-state index contributed by atoms with van der Waals surface area (Å²) >= 11 is 0. The van der Waals surface area contributed by atoms with Crippen molar-refractivity contribution in [2.75, 3.05) is 32.1 Å². The molecule has 4 atom stereocenters. The van der Waals surface area contributed by atoms with E-state index in [-0.39, 0.29) is 6.04 Å². The lowest BCUT2D eigenvalue weighted by atomic mass is 9.86. The second-order valence-electron chi connectivity index (χ2n) is 16.2. The van der Waals surface area contributed by atoms with Crippen molar-refractivity contribution < 1.29 is 18.7 Å². The fourth-order valence-corrected chi connectivity index (χ4v) is 7.07. The number of carbonyl (C=O) groups is 2. The lowest BCUT2D eigenvalue weighted by Gasteiger charge is -2.33. The number of aliphatic imine (C=N–C) groups is 2. The van der Waals surface area contributed by atoms with Crippen LogP contribution in [0.2, 0.25) is 0 Å². The van der Waals surface area contributed by atoms with Crippen LogP contribution in [-0.2, 0) is 16.0 Å². The number of nitrogens with one attached hydrogen (secondary N) is 1. The van der Waals surface area contributed by atoms with Crippen molar-refractivity contribution in [2.45, 2.75) is 186 Å². The highest BCUT2D eigenvalue weighted by Gasteiger charge is 2.19. The van der Waals surface area contributed by atoms with Gasteiger partial charge in [-0.2, -0.15) is 0 Å². The van der Waals surface area contributed by atoms with Gasteiger partial charge in [-0.1, -0.05) is 114 Å². The number of ether oxygens (including phenoxy) is 1. The topological polar surface area (TPSA) is 109 Å². The maximum Gasteiger partial charge on any atom is 0.129 e. The minimum Gasteiger partial charge on any atom is -0.497 e. The summed E-state index contributed by atoms with van der Waals surface area (Å²) in [4.78, 5) is 30.1. The highest BCUT2D eigenvalue weighted by molar-refractivity contribution is 5.82. The zero-order valence-electron chi connectivity index (χ0n) is 45.2. The molecule has 3 N–H and O–H groups in total. The number of benzene rings is 2. The number of halogens is 1. The maximum absolute atomic E-state index is 14.0. The van der Waals surface area contributed by atoms with Gasteiger partial charge in [-0.15, -0.1) is 13.2 Å². The minimum absolute atomic E-state index is 0.290. The first-order chi connectivity index (χ1) is 31.8. The van der Waals surface area contributed by atoms with E-state index in [4.69, 9.17) is 15.3 Å². The zero-order chi connectivity index (χ0) is 51.5. The molecule has 1 aliphatic rings. The van der Waals surface area contributed by atoms with E-state index in [0.717, 1.165) is 67.9 Å². The van der Waals surface area contributed by atoms with Crippen LogP contribution in [-0.4, -0.2) is 64.5 Å². The molecular weight excluding hydrogens is 822 g/mol. The van der Waals surface area contributed by atoms with Crippen molar-refractivity contribution in [3.63, 3.8) is 0 Å². The minimum atomic E-state index is -0.913. The van der Waals surface area contributed by atoms with Crippen LogP contribution in [0.3, 0.4) is 0 Å². The first-order valence-corrected chi connectivity index (χ1v) is 25.0. The van der Waals surface area contributed by atoms with Crippen LogP contribution in [0.1, 0.15) is 170 Å². The van der Waals surface area contributed by atoms with Gasteiger partial charge in [-0.25, -0.2) is 4.39 Å². The number of nitrogens with zero attached hydrogens (tertiary/aromatic N) is 3. The van der Waals surface area contributed by atoms with Gasteiger partial charge in [0.25, 0.3) is 0 Å². The molecule has 1 saturated heterocycles. The number of rotatable bonds is 21. The Morgan fingerprint density at radius 2 is 1.48 bits per heavy atom. The molecule has 0 aliphatic carbocycles. The quantitative estimate of drug-likeness (QED) is 0.0953. The Morgan fingerprint density at radius 1 is 0.894 bits per heavy atom. The second kappa shape index (κ2) is 45.6. The Balaban J connectivity index is -0.000000411. The number of methoxy groups -OCH3 is 1. The fraction of sp³-hybridized carbons (Fsp3) is 0.614.